The van der Waals surface area contributed by atoms with E-state index in [1.54, 1.807) is 36.4 Å². The van der Waals surface area contributed by atoms with Gasteiger partial charge in [0.1, 0.15) is 15.1 Å². The van der Waals surface area contributed by atoms with Gasteiger partial charge in [-0.3, -0.25) is 29.5 Å². The lowest BCUT2D eigenvalue weighted by Gasteiger charge is -2.09. The predicted molar refractivity (Wildman–Crippen MR) is 147 cm³/mol. The zero-order chi connectivity index (χ0) is 28.7. The van der Waals surface area contributed by atoms with Gasteiger partial charge in [-0.25, -0.2) is 0 Å². The van der Waals surface area contributed by atoms with Crippen LogP contribution in [0.25, 0.3) is 21.5 Å². The van der Waals surface area contributed by atoms with Gasteiger partial charge in [0.05, 0.1) is 11.4 Å². The van der Waals surface area contributed by atoms with Crippen LogP contribution in [0.3, 0.4) is 0 Å². The summed E-state index contributed by atoms with van der Waals surface area (Å²) in [6, 6.07) is 20.0. The average molecular weight is 579 g/mol. The molecule has 0 radical (unpaired) electrons. The molecule has 0 aromatic heterocycles. The van der Waals surface area contributed by atoms with Crippen molar-refractivity contribution in [1.29, 1.82) is 0 Å². The Hall–Kier alpha value is -4.76. The molecule has 0 aliphatic heterocycles. The van der Waals surface area contributed by atoms with Crippen LogP contribution in [0, 0.1) is 0 Å². The Morgan fingerprint density at radius 3 is 1.48 bits per heavy atom. The van der Waals surface area contributed by atoms with Crippen LogP contribution in [0.15, 0.2) is 115 Å². The molecular formula is C26H18N4O8S2. The summed E-state index contributed by atoms with van der Waals surface area (Å²) in [6.45, 7) is 0. The lowest BCUT2D eigenvalue weighted by atomic mass is 10.1. The van der Waals surface area contributed by atoms with Gasteiger partial charge in [-0.15, -0.1) is 0 Å². The van der Waals surface area contributed by atoms with E-state index in [9.17, 15) is 35.5 Å². The van der Waals surface area contributed by atoms with Crippen LogP contribution in [0.1, 0.15) is 0 Å². The molecule has 0 fully saturated rings. The van der Waals surface area contributed by atoms with Gasteiger partial charge < -0.3 is 0 Å². The van der Waals surface area contributed by atoms with Gasteiger partial charge in [-0.2, -0.15) is 27.0 Å². The Balaban J connectivity index is 1.56. The SMILES string of the molecule is O=c1cc/c(=N/Nc2ccc(S(=O)(=O)O)c3ccccc23)c(=O)/c1=N/Nc1ccc(S(=O)(=O)O)c2ccccc12. The molecule has 14 heteroatoms. The molecule has 0 amide bonds. The molecule has 0 saturated carbocycles. The van der Waals surface area contributed by atoms with Gasteiger partial charge in [0.25, 0.3) is 20.2 Å². The minimum absolute atomic E-state index is 0.172. The molecule has 0 unspecified atom stereocenters. The summed E-state index contributed by atoms with van der Waals surface area (Å²) in [7, 11) is -8.99. The first-order chi connectivity index (χ1) is 18.9. The second kappa shape index (κ2) is 10.1. The topological polar surface area (TPSA) is 192 Å². The molecule has 0 spiro atoms. The molecule has 40 heavy (non-hydrogen) atoms. The molecule has 5 rings (SSSR count). The van der Waals surface area contributed by atoms with Crippen molar-refractivity contribution in [1.82, 2.24) is 0 Å². The average Bonchev–Trinajstić information content (AvgIpc) is 2.91. The molecule has 202 valence electrons. The largest absolute Gasteiger partial charge is 0.295 e. The van der Waals surface area contributed by atoms with Gasteiger partial charge in [-0.1, -0.05) is 48.5 Å². The first kappa shape index (κ1) is 26.8. The van der Waals surface area contributed by atoms with Gasteiger partial charge in [-0.05, 0) is 36.4 Å². The number of nitrogens with zero attached hydrogens (tertiary/aromatic N) is 2. The van der Waals surface area contributed by atoms with Crippen molar-refractivity contribution in [3.05, 3.63) is 116 Å². The third-order valence-electron chi connectivity index (χ3n) is 5.98. The highest BCUT2D eigenvalue weighted by Gasteiger charge is 2.17. The summed E-state index contributed by atoms with van der Waals surface area (Å²) in [5, 5.41) is 8.56. The van der Waals surface area contributed by atoms with E-state index in [4.69, 9.17) is 0 Å². The van der Waals surface area contributed by atoms with Gasteiger partial charge in [0.15, 0.2) is 5.36 Å². The van der Waals surface area contributed by atoms with Crippen LogP contribution in [0.4, 0.5) is 11.4 Å². The maximum atomic E-state index is 13.0. The predicted octanol–water partition coefficient (Wildman–Crippen LogP) is 1.94. The minimum atomic E-state index is -4.51. The summed E-state index contributed by atoms with van der Waals surface area (Å²) in [4.78, 5) is 24.9. The fourth-order valence-corrected chi connectivity index (χ4v) is 5.55. The normalized spacial score (nSPS) is 13.2. The molecule has 0 aliphatic rings. The molecule has 12 nitrogen and oxygen atoms in total. The van der Waals surface area contributed by atoms with E-state index >= 15 is 0 Å². The van der Waals surface area contributed by atoms with Crippen molar-refractivity contribution in [2.24, 2.45) is 10.2 Å². The summed E-state index contributed by atoms with van der Waals surface area (Å²) < 4.78 is 66.0. The second-order valence-electron chi connectivity index (χ2n) is 8.47. The molecule has 0 saturated heterocycles. The zero-order valence-corrected chi connectivity index (χ0v) is 21.8. The quantitative estimate of drug-likeness (QED) is 0.171. The van der Waals surface area contributed by atoms with E-state index in [0.717, 1.165) is 6.07 Å². The minimum Gasteiger partial charge on any atom is -0.287 e. The highest BCUT2D eigenvalue weighted by molar-refractivity contribution is 7.86. The smallest absolute Gasteiger partial charge is 0.287 e. The van der Waals surface area contributed by atoms with E-state index < -0.39 is 36.5 Å². The van der Waals surface area contributed by atoms with E-state index in [2.05, 4.69) is 21.1 Å². The van der Waals surface area contributed by atoms with Crippen LogP contribution in [0.5, 0.6) is 0 Å². The third-order valence-corrected chi connectivity index (χ3v) is 7.81. The van der Waals surface area contributed by atoms with Crippen molar-refractivity contribution < 1.29 is 25.9 Å². The van der Waals surface area contributed by atoms with Crippen molar-refractivity contribution in [3.8, 4) is 0 Å². The Kier molecular flexibility index (Phi) is 6.77. The van der Waals surface area contributed by atoms with Crippen molar-refractivity contribution in [3.63, 3.8) is 0 Å². The number of benzene rings is 5. The van der Waals surface area contributed by atoms with Crippen molar-refractivity contribution >= 4 is 53.2 Å². The summed E-state index contributed by atoms with van der Waals surface area (Å²) in [5.74, 6) is 0. The van der Waals surface area contributed by atoms with Gasteiger partial charge in [0.2, 0.25) is 10.9 Å². The molecule has 0 bridgehead atoms. The number of hydrogen-bond acceptors (Lipinski definition) is 10. The molecule has 0 aliphatic carbocycles. The van der Waals surface area contributed by atoms with E-state index in [1.807, 2.05) is 0 Å². The summed E-state index contributed by atoms with van der Waals surface area (Å²) >= 11 is 0. The Morgan fingerprint density at radius 2 is 1.00 bits per heavy atom. The molecule has 5 aromatic rings. The number of nitrogens with one attached hydrogen (secondary N) is 2. The van der Waals surface area contributed by atoms with Gasteiger partial charge in [0, 0.05) is 21.5 Å². The zero-order valence-electron chi connectivity index (χ0n) is 20.1. The third kappa shape index (κ3) is 5.11. The Labute approximate surface area is 225 Å². The van der Waals surface area contributed by atoms with Crippen LogP contribution >= 0.6 is 0 Å². The Bertz CT molecular complexity index is 2280. The molecule has 4 N–H and O–H groups in total. The molecule has 0 atom stereocenters. The number of hydrogen-bond donors (Lipinski definition) is 4. The van der Waals surface area contributed by atoms with Crippen molar-refractivity contribution in [2.75, 3.05) is 10.9 Å². The Morgan fingerprint density at radius 1 is 0.550 bits per heavy atom. The number of rotatable bonds is 6. The summed E-state index contributed by atoms with van der Waals surface area (Å²) in [5.41, 5.74) is 4.40. The lowest BCUT2D eigenvalue weighted by molar-refractivity contribution is 0.482. The monoisotopic (exact) mass is 578 g/mol. The fourth-order valence-electron chi connectivity index (χ4n) is 4.16. The standard InChI is InChI=1S/C26H18N4O8S2/c31-22-12-9-21(29-27-19-10-13-23(39(33,34)35)17-7-3-1-5-15(17)19)26(32)25(22)30-28-20-11-14-24(40(36,37)38)18-8-4-2-6-16(18)20/h1-14,27-28H,(H,33,34,35)(H,36,37,38)/b29-21-,30-25+. The maximum absolute atomic E-state index is 13.0. The lowest BCUT2D eigenvalue weighted by Crippen LogP contribution is -2.47. The van der Waals surface area contributed by atoms with Crippen LogP contribution in [-0.4, -0.2) is 25.9 Å². The molecule has 5 aromatic carbocycles. The number of fused-ring (bicyclic) bond motifs is 2. The van der Waals surface area contributed by atoms with Gasteiger partial charge >= 0.3 is 0 Å². The highest BCUT2D eigenvalue weighted by atomic mass is 32.2. The van der Waals surface area contributed by atoms with E-state index in [1.165, 1.54) is 42.5 Å². The first-order valence-electron chi connectivity index (χ1n) is 11.4. The highest BCUT2D eigenvalue weighted by Crippen LogP contribution is 2.30. The van der Waals surface area contributed by atoms with Crippen LogP contribution in [0.2, 0.25) is 0 Å². The summed E-state index contributed by atoms with van der Waals surface area (Å²) in [6.07, 6.45) is 0. The molecule has 0 heterocycles. The van der Waals surface area contributed by atoms with Crippen molar-refractivity contribution in [2.45, 2.75) is 9.79 Å². The second-order valence-corrected chi connectivity index (χ2v) is 11.3. The fraction of sp³-hybridized carbons (Fsp3) is 0. The van der Waals surface area contributed by atoms with E-state index in [0.29, 0.717) is 16.5 Å². The van der Waals surface area contributed by atoms with E-state index in [-0.39, 0.29) is 31.6 Å². The first-order valence-corrected chi connectivity index (χ1v) is 14.3. The molecular weight excluding hydrogens is 560 g/mol. The number of anilines is 2. The van der Waals surface area contributed by atoms with Crippen LogP contribution in [-0.2, 0) is 20.2 Å². The van der Waals surface area contributed by atoms with Crippen LogP contribution < -0.4 is 32.4 Å². The maximum Gasteiger partial charge on any atom is 0.295 e.